The number of nitrogens with two attached hydrogens (primary N) is 1. The Bertz CT molecular complexity index is 881. The minimum atomic E-state index is -0.490. The molecule has 2 aliphatic carbocycles. The zero-order chi connectivity index (χ0) is 21.6. The Morgan fingerprint density at radius 3 is 2.32 bits per heavy atom. The highest BCUT2D eigenvalue weighted by atomic mass is 16.5. The average Bonchev–Trinajstić information content (AvgIpc) is 3.64. The van der Waals surface area contributed by atoms with Gasteiger partial charge in [-0.3, -0.25) is 10.1 Å². The van der Waals surface area contributed by atoms with E-state index in [2.05, 4.69) is 5.32 Å². The predicted octanol–water partition coefficient (Wildman–Crippen LogP) is 4.44. The lowest BCUT2D eigenvalue weighted by Crippen LogP contribution is -2.52. The third kappa shape index (κ3) is 5.85. The maximum Gasteiger partial charge on any atom is 0.411 e. The fourth-order valence-electron chi connectivity index (χ4n) is 4.22. The van der Waals surface area contributed by atoms with Crippen LogP contribution >= 0.6 is 0 Å². The van der Waals surface area contributed by atoms with Gasteiger partial charge in [-0.15, -0.1) is 0 Å². The predicted molar refractivity (Wildman–Crippen MR) is 120 cm³/mol. The number of anilines is 1. The minimum absolute atomic E-state index is 0.0526. The molecule has 2 saturated carbocycles. The molecule has 164 valence electrons. The number of ether oxygens (including phenoxy) is 1. The van der Waals surface area contributed by atoms with E-state index in [0.717, 1.165) is 49.7 Å². The molecular formula is C25H31N3O3. The zero-order valence-corrected chi connectivity index (χ0v) is 17.8. The number of carbonyl (C=O) groups is 2. The van der Waals surface area contributed by atoms with Gasteiger partial charge in [-0.25, -0.2) is 4.79 Å². The normalized spacial score (nSPS) is 20.7. The molecule has 2 aliphatic rings. The molecule has 0 heterocycles. The van der Waals surface area contributed by atoms with Crippen LogP contribution in [0.25, 0.3) is 0 Å². The Kier molecular flexibility index (Phi) is 6.87. The van der Waals surface area contributed by atoms with Crippen LogP contribution in [-0.4, -0.2) is 29.0 Å². The molecule has 4 rings (SSSR count). The lowest BCUT2D eigenvalue weighted by Gasteiger charge is -2.38. The van der Waals surface area contributed by atoms with Gasteiger partial charge in [-0.05, 0) is 48.9 Å². The van der Waals surface area contributed by atoms with E-state index in [-0.39, 0.29) is 30.5 Å². The first-order valence-corrected chi connectivity index (χ1v) is 11.2. The molecule has 0 saturated heterocycles. The number of nitrogens with one attached hydrogen (secondary N) is 1. The molecule has 31 heavy (non-hydrogen) atoms. The minimum Gasteiger partial charge on any atom is -0.444 e. The smallest absolute Gasteiger partial charge is 0.411 e. The van der Waals surface area contributed by atoms with Crippen molar-refractivity contribution in [3.05, 3.63) is 65.7 Å². The van der Waals surface area contributed by atoms with Gasteiger partial charge < -0.3 is 15.4 Å². The molecule has 0 spiro atoms. The summed E-state index contributed by atoms with van der Waals surface area (Å²) in [6, 6.07) is 17.3. The quantitative estimate of drug-likeness (QED) is 0.692. The van der Waals surface area contributed by atoms with Crippen molar-refractivity contribution in [2.75, 3.05) is 5.32 Å². The van der Waals surface area contributed by atoms with Crippen molar-refractivity contribution >= 4 is 17.7 Å². The molecule has 6 nitrogen and oxygen atoms in total. The molecule has 0 radical (unpaired) electrons. The van der Waals surface area contributed by atoms with Crippen molar-refractivity contribution in [2.45, 2.75) is 63.8 Å². The monoisotopic (exact) mass is 421 g/mol. The first-order valence-electron chi connectivity index (χ1n) is 11.2. The van der Waals surface area contributed by atoms with Gasteiger partial charge in [-0.2, -0.15) is 0 Å². The molecule has 6 heteroatoms. The van der Waals surface area contributed by atoms with Crippen LogP contribution < -0.4 is 11.1 Å². The summed E-state index contributed by atoms with van der Waals surface area (Å²) in [4.78, 5) is 27.0. The number of rotatable bonds is 7. The lowest BCUT2D eigenvalue weighted by molar-refractivity contribution is -0.136. The third-order valence-corrected chi connectivity index (χ3v) is 6.16. The maximum absolute atomic E-state index is 13.0. The summed E-state index contributed by atoms with van der Waals surface area (Å²) in [6.07, 6.45) is 5.72. The Hall–Kier alpha value is -2.86. The lowest BCUT2D eigenvalue weighted by atomic mass is 9.89. The second-order valence-electron chi connectivity index (χ2n) is 8.64. The van der Waals surface area contributed by atoms with E-state index >= 15 is 0 Å². The van der Waals surface area contributed by atoms with Crippen molar-refractivity contribution < 1.29 is 14.3 Å². The van der Waals surface area contributed by atoms with Gasteiger partial charge in [0.2, 0.25) is 5.91 Å². The molecule has 2 amide bonds. The number of amides is 2. The second-order valence-corrected chi connectivity index (χ2v) is 8.64. The topological polar surface area (TPSA) is 84.7 Å². The molecule has 3 N–H and O–H groups in total. The number of carbonyl (C=O) groups excluding carboxylic acids is 2. The molecule has 2 aromatic rings. The van der Waals surface area contributed by atoms with E-state index in [0.29, 0.717) is 12.2 Å². The Morgan fingerprint density at radius 2 is 1.65 bits per heavy atom. The van der Waals surface area contributed by atoms with Crippen LogP contribution in [0.15, 0.2) is 54.6 Å². The average molecular weight is 422 g/mol. The van der Waals surface area contributed by atoms with E-state index in [1.165, 1.54) is 0 Å². The van der Waals surface area contributed by atoms with Crippen LogP contribution in [0.1, 0.15) is 49.7 Å². The van der Waals surface area contributed by atoms with Gasteiger partial charge in [0.15, 0.2) is 0 Å². The molecule has 2 atom stereocenters. The van der Waals surface area contributed by atoms with Crippen LogP contribution in [0.3, 0.4) is 0 Å². The first-order chi connectivity index (χ1) is 15.1. The molecule has 0 aromatic heterocycles. The second kappa shape index (κ2) is 9.96. The third-order valence-electron chi connectivity index (χ3n) is 6.16. The van der Waals surface area contributed by atoms with E-state index in [9.17, 15) is 9.59 Å². The van der Waals surface area contributed by atoms with Gasteiger partial charge in [-0.1, -0.05) is 55.3 Å². The van der Waals surface area contributed by atoms with Crippen molar-refractivity contribution in [1.29, 1.82) is 0 Å². The summed E-state index contributed by atoms with van der Waals surface area (Å²) in [5.41, 5.74) is 9.03. The van der Waals surface area contributed by atoms with Crippen LogP contribution in [0.5, 0.6) is 0 Å². The number of benzene rings is 2. The van der Waals surface area contributed by atoms with Gasteiger partial charge in [0.05, 0.1) is 0 Å². The summed E-state index contributed by atoms with van der Waals surface area (Å²) in [7, 11) is 0. The Labute approximate surface area is 183 Å². The summed E-state index contributed by atoms with van der Waals surface area (Å²) < 4.78 is 5.27. The van der Waals surface area contributed by atoms with Gasteiger partial charge >= 0.3 is 6.09 Å². The molecular weight excluding hydrogens is 390 g/mol. The van der Waals surface area contributed by atoms with Crippen molar-refractivity contribution in [3.63, 3.8) is 0 Å². The van der Waals surface area contributed by atoms with Crippen molar-refractivity contribution in [2.24, 2.45) is 11.7 Å². The van der Waals surface area contributed by atoms with Crippen LogP contribution in [-0.2, 0) is 22.7 Å². The number of hydrogen-bond acceptors (Lipinski definition) is 4. The number of nitrogens with zero attached hydrogens (tertiary/aromatic N) is 1. The van der Waals surface area contributed by atoms with E-state index in [1.54, 1.807) is 0 Å². The largest absolute Gasteiger partial charge is 0.444 e. The van der Waals surface area contributed by atoms with Gasteiger partial charge in [0.1, 0.15) is 6.61 Å². The zero-order valence-electron chi connectivity index (χ0n) is 17.8. The van der Waals surface area contributed by atoms with Crippen LogP contribution in [0.4, 0.5) is 10.5 Å². The first kappa shape index (κ1) is 21.4. The molecule has 0 aliphatic heterocycles. The highest BCUT2D eigenvalue weighted by molar-refractivity contribution is 5.84. The highest BCUT2D eigenvalue weighted by Gasteiger charge is 2.38. The van der Waals surface area contributed by atoms with Crippen LogP contribution in [0.2, 0.25) is 0 Å². The van der Waals surface area contributed by atoms with E-state index < -0.39 is 6.09 Å². The summed E-state index contributed by atoms with van der Waals surface area (Å²) in [6.45, 7) is 0.789. The molecule has 2 aromatic carbocycles. The van der Waals surface area contributed by atoms with E-state index in [4.69, 9.17) is 10.5 Å². The van der Waals surface area contributed by atoms with Crippen molar-refractivity contribution in [3.8, 4) is 0 Å². The molecule has 0 bridgehead atoms. The summed E-state index contributed by atoms with van der Waals surface area (Å²) in [5.74, 6) is 0.420. The Morgan fingerprint density at radius 1 is 0.935 bits per heavy atom. The maximum atomic E-state index is 13.0. The molecule has 2 unspecified atom stereocenters. The standard InChI is InChI=1S/C25H31N3O3/c26-22-8-4-5-9-23(22)28(24(29)20-12-13-20)16-18-10-14-21(15-11-18)27-25(30)31-17-19-6-2-1-3-7-19/h1-3,6-7,10-11,14-15,20,22-23H,4-5,8-9,12-13,16-17,26H2,(H,27,30). The number of hydrogen-bond donors (Lipinski definition) is 2. The van der Waals surface area contributed by atoms with Crippen LogP contribution in [0, 0.1) is 5.92 Å². The highest BCUT2D eigenvalue weighted by Crippen LogP contribution is 2.34. The Balaban J connectivity index is 1.34. The molecule has 2 fully saturated rings. The fourth-order valence-corrected chi connectivity index (χ4v) is 4.22. The summed E-state index contributed by atoms with van der Waals surface area (Å²) in [5, 5.41) is 2.75. The SMILES string of the molecule is NC1CCCCC1N(Cc1ccc(NC(=O)OCc2ccccc2)cc1)C(=O)C1CC1. The summed E-state index contributed by atoms with van der Waals surface area (Å²) >= 11 is 0. The van der Waals surface area contributed by atoms with Crippen molar-refractivity contribution in [1.82, 2.24) is 4.90 Å². The van der Waals surface area contributed by atoms with Gasteiger partial charge in [0, 0.05) is 30.2 Å². The van der Waals surface area contributed by atoms with E-state index in [1.807, 2.05) is 59.5 Å². The fraction of sp³-hybridized carbons (Fsp3) is 0.440. The van der Waals surface area contributed by atoms with Gasteiger partial charge in [0.25, 0.3) is 0 Å².